The molecule has 9 heteroatoms. The lowest BCUT2D eigenvalue weighted by atomic mass is 9.99. The normalized spacial score (nSPS) is 19.5. The predicted octanol–water partition coefficient (Wildman–Crippen LogP) is 2.22. The third-order valence-electron chi connectivity index (χ3n) is 4.69. The van der Waals surface area contributed by atoms with Crippen molar-refractivity contribution in [2.45, 2.75) is 33.2 Å². The van der Waals surface area contributed by atoms with Gasteiger partial charge in [-0.05, 0) is 38.8 Å². The molecular formula is C18H25N3O4S2. The lowest BCUT2D eigenvalue weighted by molar-refractivity contribution is -0.122. The number of thiazole rings is 1. The molecule has 0 N–H and O–H groups in total. The Morgan fingerprint density at radius 2 is 2.15 bits per heavy atom. The maximum atomic E-state index is 12.8. The fourth-order valence-electron chi connectivity index (χ4n) is 3.38. The van der Waals surface area contributed by atoms with E-state index < -0.39 is 15.9 Å². The van der Waals surface area contributed by atoms with Crippen LogP contribution in [0.3, 0.4) is 0 Å². The van der Waals surface area contributed by atoms with Crippen LogP contribution >= 0.6 is 11.3 Å². The van der Waals surface area contributed by atoms with Gasteiger partial charge in [-0.15, -0.1) is 0 Å². The zero-order valence-corrected chi connectivity index (χ0v) is 17.5. The van der Waals surface area contributed by atoms with Crippen molar-refractivity contribution in [3.8, 4) is 5.75 Å². The van der Waals surface area contributed by atoms with E-state index in [0.29, 0.717) is 37.3 Å². The van der Waals surface area contributed by atoms with Gasteiger partial charge in [0.2, 0.25) is 10.0 Å². The molecule has 1 atom stereocenters. The maximum Gasteiger partial charge on any atom is 0.252 e. The van der Waals surface area contributed by atoms with Gasteiger partial charge in [-0.1, -0.05) is 17.4 Å². The molecule has 2 heterocycles. The number of aromatic nitrogens is 1. The number of amides is 1. The van der Waals surface area contributed by atoms with Crippen molar-refractivity contribution >= 4 is 37.5 Å². The second-order valence-corrected chi connectivity index (χ2v) is 9.57. The lowest BCUT2D eigenvalue weighted by Crippen LogP contribution is -2.41. The number of nitrogens with zero attached hydrogens (tertiary/aromatic N) is 3. The number of fused-ring (bicyclic) bond motifs is 1. The number of hydrogen-bond donors (Lipinski definition) is 0. The molecule has 1 aliphatic rings. The Morgan fingerprint density at radius 1 is 1.37 bits per heavy atom. The second-order valence-electron chi connectivity index (χ2n) is 6.57. The van der Waals surface area contributed by atoms with Crippen LogP contribution in [0.4, 0.5) is 0 Å². The highest BCUT2D eigenvalue weighted by molar-refractivity contribution is 7.88. The van der Waals surface area contributed by atoms with Gasteiger partial charge in [0.05, 0.1) is 23.5 Å². The average Bonchev–Trinajstić information content (AvgIpc) is 2.99. The van der Waals surface area contributed by atoms with Crippen LogP contribution in [0, 0.1) is 5.92 Å². The van der Waals surface area contributed by atoms with Crippen LogP contribution in [0.1, 0.15) is 26.7 Å². The number of piperidine rings is 1. The van der Waals surface area contributed by atoms with E-state index in [1.165, 1.54) is 21.9 Å². The van der Waals surface area contributed by atoms with Gasteiger partial charge in [0, 0.05) is 19.6 Å². The van der Waals surface area contributed by atoms with Crippen molar-refractivity contribution in [1.29, 1.82) is 0 Å². The van der Waals surface area contributed by atoms with Gasteiger partial charge in [-0.25, -0.2) is 12.7 Å². The third-order valence-corrected chi connectivity index (χ3v) is 7.00. The molecule has 1 aromatic carbocycles. The molecule has 1 aliphatic heterocycles. The number of carbonyl (C=O) groups is 1. The zero-order chi connectivity index (χ0) is 19.6. The Kier molecular flexibility index (Phi) is 6.02. The van der Waals surface area contributed by atoms with Crippen molar-refractivity contribution in [2.24, 2.45) is 10.9 Å². The maximum absolute atomic E-state index is 12.8. The van der Waals surface area contributed by atoms with E-state index in [-0.39, 0.29) is 12.5 Å². The molecular weight excluding hydrogens is 386 g/mol. The molecule has 3 rings (SSSR count). The van der Waals surface area contributed by atoms with E-state index in [9.17, 15) is 13.2 Å². The van der Waals surface area contributed by atoms with E-state index in [0.717, 1.165) is 16.0 Å². The van der Waals surface area contributed by atoms with Crippen LogP contribution in [0.5, 0.6) is 5.75 Å². The predicted molar refractivity (Wildman–Crippen MR) is 106 cm³/mol. The summed E-state index contributed by atoms with van der Waals surface area (Å²) in [6.07, 6.45) is 2.52. The topological polar surface area (TPSA) is 81.0 Å². The summed E-state index contributed by atoms with van der Waals surface area (Å²) in [5.41, 5.74) is 0.944. The van der Waals surface area contributed by atoms with E-state index in [2.05, 4.69) is 4.99 Å². The molecule has 1 saturated heterocycles. The number of rotatable bonds is 5. The molecule has 0 aliphatic carbocycles. The van der Waals surface area contributed by atoms with Crippen molar-refractivity contribution < 1.29 is 17.9 Å². The van der Waals surface area contributed by atoms with Gasteiger partial charge in [0.15, 0.2) is 4.80 Å². The third kappa shape index (κ3) is 4.25. The summed E-state index contributed by atoms with van der Waals surface area (Å²) in [5.74, 6) is 0.133. The molecule has 0 radical (unpaired) electrons. The molecule has 0 saturated carbocycles. The number of carbonyl (C=O) groups excluding carboxylic acids is 1. The fourth-order valence-corrected chi connectivity index (χ4v) is 5.41. The van der Waals surface area contributed by atoms with Crippen molar-refractivity contribution in [3.63, 3.8) is 0 Å². The quantitative estimate of drug-likeness (QED) is 0.756. The molecule has 1 aromatic heterocycles. The molecule has 1 fully saturated rings. The number of ether oxygens (including phenoxy) is 1. The van der Waals surface area contributed by atoms with E-state index in [1.54, 1.807) is 0 Å². The summed E-state index contributed by atoms with van der Waals surface area (Å²) < 4.78 is 33.7. The average molecular weight is 412 g/mol. The van der Waals surface area contributed by atoms with Gasteiger partial charge < -0.3 is 9.30 Å². The standard InChI is InChI=1S/C18H25N3O4S2/c1-4-21-16-14(25-5-2)9-6-10-15(16)26-18(21)19-17(22)13-8-7-11-20(12-13)27(3,23)24/h6,9-10,13H,4-5,7-8,11-12H2,1-3H3. The van der Waals surface area contributed by atoms with Crippen molar-refractivity contribution in [3.05, 3.63) is 23.0 Å². The first-order chi connectivity index (χ1) is 12.8. The summed E-state index contributed by atoms with van der Waals surface area (Å²) in [7, 11) is -3.29. The summed E-state index contributed by atoms with van der Waals surface area (Å²) in [6, 6.07) is 5.84. The minimum atomic E-state index is -3.29. The summed E-state index contributed by atoms with van der Waals surface area (Å²) >= 11 is 1.45. The van der Waals surface area contributed by atoms with Crippen LogP contribution < -0.4 is 9.54 Å². The van der Waals surface area contributed by atoms with E-state index in [4.69, 9.17) is 4.74 Å². The largest absolute Gasteiger partial charge is 0.492 e. The minimum absolute atomic E-state index is 0.211. The lowest BCUT2D eigenvalue weighted by Gasteiger charge is -2.28. The van der Waals surface area contributed by atoms with Gasteiger partial charge in [0.1, 0.15) is 11.3 Å². The summed E-state index contributed by atoms with van der Waals surface area (Å²) in [4.78, 5) is 17.8. The van der Waals surface area contributed by atoms with Crippen LogP contribution in [-0.4, -0.2) is 49.1 Å². The van der Waals surface area contributed by atoms with Crippen LogP contribution in [0.25, 0.3) is 10.2 Å². The fraction of sp³-hybridized carbons (Fsp3) is 0.556. The molecule has 2 aromatic rings. The van der Waals surface area contributed by atoms with Crippen LogP contribution in [-0.2, 0) is 21.4 Å². The Balaban J connectivity index is 1.98. The Hall–Kier alpha value is -1.71. The SMILES string of the molecule is CCOc1cccc2sc(=NC(=O)C3CCCN(S(C)(=O)=O)C3)n(CC)c12. The summed E-state index contributed by atoms with van der Waals surface area (Å²) in [6.45, 7) is 5.85. The first-order valence-corrected chi connectivity index (χ1v) is 11.8. The molecule has 7 nitrogen and oxygen atoms in total. The van der Waals surface area contributed by atoms with Crippen molar-refractivity contribution in [1.82, 2.24) is 8.87 Å². The number of aryl methyl sites for hydroxylation is 1. The molecule has 27 heavy (non-hydrogen) atoms. The number of sulfonamides is 1. The van der Waals surface area contributed by atoms with Crippen LogP contribution in [0.2, 0.25) is 0 Å². The van der Waals surface area contributed by atoms with Gasteiger partial charge >= 0.3 is 0 Å². The molecule has 1 unspecified atom stereocenters. The number of para-hydroxylation sites is 1. The molecule has 0 spiro atoms. The first kappa shape index (κ1) is 20.0. The number of hydrogen-bond acceptors (Lipinski definition) is 5. The Labute approximate surface area is 163 Å². The number of benzene rings is 1. The minimum Gasteiger partial charge on any atom is -0.492 e. The molecule has 1 amide bonds. The van der Waals surface area contributed by atoms with E-state index >= 15 is 0 Å². The highest BCUT2D eigenvalue weighted by Gasteiger charge is 2.30. The smallest absolute Gasteiger partial charge is 0.252 e. The van der Waals surface area contributed by atoms with Crippen molar-refractivity contribution in [2.75, 3.05) is 26.0 Å². The zero-order valence-electron chi connectivity index (χ0n) is 15.8. The van der Waals surface area contributed by atoms with Gasteiger partial charge in [-0.3, -0.25) is 4.79 Å². The van der Waals surface area contributed by atoms with Crippen LogP contribution in [0.15, 0.2) is 23.2 Å². The summed E-state index contributed by atoms with van der Waals surface area (Å²) in [5, 5.41) is 0. The van der Waals surface area contributed by atoms with Gasteiger partial charge in [-0.2, -0.15) is 4.99 Å². The molecule has 0 bridgehead atoms. The monoisotopic (exact) mass is 411 g/mol. The first-order valence-electron chi connectivity index (χ1n) is 9.14. The Bertz CT molecular complexity index is 1010. The highest BCUT2D eigenvalue weighted by atomic mass is 32.2. The van der Waals surface area contributed by atoms with Gasteiger partial charge in [0.25, 0.3) is 5.91 Å². The van der Waals surface area contributed by atoms with E-state index in [1.807, 2.05) is 36.6 Å². The second kappa shape index (κ2) is 8.12. The Morgan fingerprint density at radius 3 is 2.81 bits per heavy atom. The highest BCUT2D eigenvalue weighted by Crippen LogP contribution is 2.28. The molecule has 148 valence electrons.